The summed E-state index contributed by atoms with van der Waals surface area (Å²) in [5.41, 5.74) is 3.45. The first kappa shape index (κ1) is 21.0. The summed E-state index contributed by atoms with van der Waals surface area (Å²) in [7, 11) is 0. The Bertz CT molecular complexity index is 1170. The number of alkyl halides is 1. The first-order chi connectivity index (χ1) is 15.3. The predicted octanol–water partition coefficient (Wildman–Crippen LogP) is 4.98. The van der Waals surface area contributed by atoms with Gasteiger partial charge < -0.3 is 18.8 Å². The number of nitrogens with zero attached hydrogens (tertiary/aromatic N) is 1. The molecule has 0 spiro atoms. The van der Waals surface area contributed by atoms with Crippen LogP contribution < -0.4 is 4.74 Å². The van der Waals surface area contributed by atoms with Crippen LogP contribution in [0.15, 0.2) is 66.7 Å². The van der Waals surface area contributed by atoms with Crippen LogP contribution in [0.3, 0.4) is 0 Å². The molecule has 0 aliphatic heterocycles. The molecule has 160 valence electrons. The minimum absolute atomic E-state index is 0.0983. The van der Waals surface area contributed by atoms with Gasteiger partial charge >= 0.3 is 0 Å². The predicted molar refractivity (Wildman–Crippen MR) is 119 cm³/mol. The van der Waals surface area contributed by atoms with Gasteiger partial charge in [0.1, 0.15) is 19.0 Å². The Balaban J connectivity index is 1.59. The number of carbonyl (C=O) groups excluding carboxylic acids is 1. The number of ether oxygens (including phenoxy) is 3. The minimum Gasteiger partial charge on any atom is -0.491 e. The zero-order valence-corrected chi connectivity index (χ0v) is 17.1. The van der Waals surface area contributed by atoms with E-state index in [1.54, 1.807) is 0 Å². The number of rotatable bonds is 11. The lowest BCUT2D eigenvalue weighted by Gasteiger charge is -2.11. The van der Waals surface area contributed by atoms with E-state index in [1.165, 1.54) is 0 Å². The molecular formula is C25H24FNO4. The van der Waals surface area contributed by atoms with Crippen LogP contribution >= 0.6 is 0 Å². The molecule has 0 fully saturated rings. The molecule has 0 radical (unpaired) electrons. The lowest BCUT2D eigenvalue weighted by Crippen LogP contribution is -2.11. The number of fused-ring (bicyclic) bond motifs is 3. The van der Waals surface area contributed by atoms with Gasteiger partial charge in [0.2, 0.25) is 0 Å². The lowest BCUT2D eigenvalue weighted by atomic mass is 10.1. The molecule has 0 atom stereocenters. The molecule has 0 unspecified atom stereocenters. The third-order valence-electron chi connectivity index (χ3n) is 5.04. The van der Waals surface area contributed by atoms with Gasteiger partial charge in [0.05, 0.1) is 43.1 Å². The SMILES string of the molecule is O=Cc1ccccc1-n1c2ccccc2c2ccc(OCCOCCOCCF)cc21. The Labute approximate surface area is 179 Å². The Kier molecular flexibility index (Phi) is 6.92. The molecule has 6 heteroatoms. The number of para-hydroxylation sites is 2. The molecule has 0 amide bonds. The highest BCUT2D eigenvalue weighted by Gasteiger charge is 2.14. The van der Waals surface area contributed by atoms with E-state index >= 15 is 0 Å². The second-order valence-electron chi connectivity index (χ2n) is 6.97. The standard InChI is InChI=1S/C25H24FNO4/c26-11-12-29-13-14-30-15-16-31-20-9-10-22-21-6-2-4-8-24(21)27(25(22)17-20)23-7-3-1-5-19(23)18-28/h1-10,17-18H,11-16H2. The fourth-order valence-corrected chi connectivity index (χ4v) is 3.69. The highest BCUT2D eigenvalue weighted by atomic mass is 19.1. The van der Waals surface area contributed by atoms with Gasteiger partial charge in [0.15, 0.2) is 6.29 Å². The number of halogens is 1. The fourth-order valence-electron chi connectivity index (χ4n) is 3.69. The van der Waals surface area contributed by atoms with Crippen LogP contribution in [-0.4, -0.2) is 50.6 Å². The van der Waals surface area contributed by atoms with Crippen LogP contribution in [0, 0.1) is 0 Å². The smallest absolute Gasteiger partial charge is 0.152 e. The number of hydrogen-bond donors (Lipinski definition) is 0. The van der Waals surface area contributed by atoms with Crippen molar-refractivity contribution >= 4 is 28.1 Å². The zero-order valence-electron chi connectivity index (χ0n) is 17.1. The van der Waals surface area contributed by atoms with Crippen molar-refractivity contribution in [3.05, 3.63) is 72.3 Å². The molecule has 0 aliphatic carbocycles. The number of carbonyl (C=O) groups is 1. The first-order valence-electron chi connectivity index (χ1n) is 10.3. The summed E-state index contributed by atoms with van der Waals surface area (Å²) in [5.74, 6) is 0.720. The van der Waals surface area contributed by atoms with Gasteiger partial charge in [0.25, 0.3) is 0 Å². The van der Waals surface area contributed by atoms with E-state index < -0.39 is 6.67 Å². The molecule has 0 aliphatic rings. The average Bonchev–Trinajstić information content (AvgIpc) is 3.14. The molecule has 0 bridgehead atoms. The maximum atomic E-state index is 12.0. The van der Waals surface area contributed by atoms with Crippen molar-refractivity contribution < 1.29 is 23.4 Å². The molecule has 0 N–H and O–H groups in total. The number of aldehydes is 1. The van der Waals surface area contributed by atoms with Gasteiger partial charge in [-0.2, -0.15) is 0 Å². The molecule has 3 aromatic carbocycles. The quantitative estimate of drug-likeness (QED) is 0.253. The highest BCUT2D eigenvalue weighted by Crippen LogP contribution is 2.34. The van der Waals surface area contributed by atoms with Crippen molar-refractivity contribution in [3.8, 4) is 11.4 Å². The van der Waals surface area contributed by atoms with E-state index in [0.717, 1.165) is 39.5 Å². The van der Waals surface area contributed by atoms with E-state index in [0.29, 0.717) is 32.0 Å². The Morgan fingerprint density at radius 3 is 2.32 bits per heavy atom. The van der Waals surface area contributed by atoms with Crippen molar-refractivity contribution in [1.29, 1.82) is 0 Å². The highest BCUT2D eigenvalue weighted by molar-refractivity contribution is 6.10. The lowest BCUT2D eigenvalue weighted by molar-refractivity contribution is 0.0325. The Morgan fingerprint density at radius 1 is 0.774 bits per heavy atom. The maximum absolute atomic E-state index is 12.0. The largest absolute Gasteiger partial charge is 0.491 e. The van der Waals surface area contributed by atoms with E-state index in [2.05, 4.69) is 16.7 Å². The molecule has 4 rings (SSSR count). The Hall–Kier alpha value is -3.22. The number of benzene rings is 3. The van der Waals surface area contributed by atoms with Crippen molar-refractivity contribution in [3.63, 3.8) is 0 Å². The summed E-state index contributed by atoms with van der Waals surface area (Å²) in [6.07, 6.45) is 0.880. The van der Waals surface area contributed by atoms with Crippen LogP contribution in [0.25, 0.3) is 27.5 Å². The van der Waals surface area contributed by atoms with E-state index in [9.17, 15) is 9.18 Å². The molecule has 31 heavy (non-hydrogen) atoms. The van der Waals surface area contributed by atoms with Crippen LogP contribution in [-0.2, 0) is 9.47 Å². The van der Waals surface area contributed by atoms with Gasteiger partial charge in [-0.15, -0.1) is 0 Å². The second kappa shape index (κ2) is 10.2. The van der Waals surface area contributed by atoms with Gasteiger partial charge in [0, 0.05) is 22.4 Å². The van der Waals surface area contributed by atoms with Gasteiger partial charge in [-0.25, -0.2) is 4.39 Å². The molecule has 1 aromatic heterocycles. The monoisotopic (exact) mass is 421 g/mol. The third-order valence-corrected chi connectivity index (χ3v) is 5.04. The second-order valence-corrected chi connectivity index (χ2v) is 6.97. The van der Waals surface area contributed by atoms with Gasteiger partial charge in [-0.05, 0) is 30.3 Å². The Morgan fingerprint density at radius 2 is 1.48 bits per heavy atom. The molecule has 1 heterocycles. The average molecular weight is 421 g/mol. The number of hydrogen-bond acceptors (Lipinski definition) is 4. The third kappa shape index (κ3) is 4.60. The maximum Gasteiger partial charge on any atom is 0.152 e. The summed E-state index contributed by atoms with van der Waals surface area (Å²) in [6.45, 7) is 1.18. The van der Waals surface area contributed by atoms with E-state index in [1.807, 2.05) is 54.6 Å². The summed E-state index contributed by atoms with van der Waals surface area (Å²) in [4.78, 5) is 11.7. The minimum atomic E-state index is -0.486. The summed E-state index contributed by atoms with van der Waals surface area (Å²) < 4.78 is 30.4. The van der Waals surface area contributed by atoms with Crippen molar-refractivity contribution in [2.24, 2.45) is 0 Å². The van der Waals surface area contributed by atoms with Crippen LogP contribution in [0.5, 0.6) is 5.75 Å². The van der Waals surface area contributed by atoms with Crippen molar-refractivity contribution in [2.45, 2.75) is 0 Å². The van der Waals surface area contributed by atoms with Crippen molar-refractivity contribution in [1.82, 2.24) is 4.57 Å². The molecular weight excluding hydrogens is 397 g/mol. The first-order valence-corrected chi connectivity index (χ1v) is 10.3. The van der Waals surface area contributed by atoms with Crippen molar-refractivity contribution in [2.75, 3.05) is 39.7 Å². The summed E-state index contributed by atoms with van der Waals surface area (Å²) >= 11 is 0. The molecule has 0 saturated heterocycles. The van der Waals surface area contributed by atoms with Crippen LogP contribution in [0.4, 0.5) is 4.39 Å². The fraction of sp³-hybridized carbons (Fsp3) is 0.240. The number of aromatic nitrogens is 1. The van der Waals surface area contributed by atoms with Crippen LogP contribution in [0.2, 0.25) is 0 Å². The van der Waals surface area contributed by atoms with Gasteiger partial charge in [-0.1, -0.05) is 30.3 Å². The van der Waals surface area contributed by atoms with Crippen LogP contribution in [0.1, 0.15) is 10.4 Å². The van der Waals surface area contributed by atoms with Gasteiger partial charge in [-0.3, -0.25) is 4.79 Å². The molecule has 4 aromatic rings. The summed E-state index contributed by atoms with van der Waals surface area (Å²) in [5, 5.41) is 2.20. The van der Waals surface area contributed by atoms with E-state index in [4.69, 9.17) is 14.2 Å². The topological polar surface area (TPSA) is 49.7 Å². The molecule has 5 nitrogen and oxygen atoms in total. The summed E-state index contributed by atoms with van der Waals surface area (Å²) in [6, 6.07) is 21.7. The normalized spacial score (nSPS) is 11.3. The zero-order chi connectivity index (χ0) is 21.5. The molecule has 0 saturated carbocycles. The van der Waals surface area contributed by atoms with E-state index in [-0.39, 0.29) is 6.61 Å².